The van der Waals surface area contributed by atoms with Gasteiger partial charge in [-0.3, -0.25) is 0 Å². The molecule has 0 amide bonds. The SMILES string of the molecule is CCC(C)OCCN1CCC(=C(c2ccsc2)c2ccsc2)CC1. The average Bonchev–Trinajstić information content (AvgIpc) is 3.31. The van der Waals surface area contributed by atoms with Crippen LogP contribution in [0.4, 0.5) is 0 Å². The lowest BCUT2D eigenvalue weighted by Crippen LogP contribution is -2.34. The van der Waals surface area contributed by atoms with Crippen molar-refractivity contribution in [2.75, 3.05) is 26.2 Å². The molecule has 1 fully saturated rings. The zero-order chi connectivity index (χ0) is 16.8. The van der Waals surface area contributed by atoms with E-state index in [1.807, 2.05) is 0 Å². The van der Waals surface area contributed by atoms with Gasteiger partial charge < -0.3 is 9.64 Å². The molecule has 2 aromatic rings. The first kappa shape index (κ1) is 17.9. The molecule has 1 unspecified atom stereocenters. The van der Waals surface area contributed by atoms with E-state index >= 15 is 0 Å². The molecule has 0 aromatic carbocycles. The summed E-state index contributed by atoms with van der Waals surface area (Å²) >= 11 is 3.58. The van der Waals surface area contributed by atoms with E-state index in [0.717, 1.165) is 32.7 Å². The minimum absolute atomic E-state index is 0.383. The molecule has 4 heteroatoms. The first-order chi connectivity index (χ1) is 11.8. The summed E-state index contributed by atoms with van der Waals surface area (Å²) in [6.45, 7) is 8.55. The van der Waals surface area contributed by atoms with Crippen molar-refractivity contribution in [3.05, 3.63) is 50.4 Å². The molecule has 2 nitrogen and oxygen atoms in total. The quantitative estimate of drug-likeness (QED) is 0.643. The number of piperidine rings is 1. The molecule has 3 heterocycles. The van der Waals surface area contributed by atoms with Crippen molar-refractivity contribution in [2.45, 2.75) is 39.2 Å². The molecule has 1 atom stereocenters. The Bertz CT molecular complexity index is 584. The third-order valence-electron chi connectivity index (χ3n) is 4.82. The van der Waals surface area contributed by atoms with Crippen LogP contribution in [0.1, 0.15) is 44.2 Å². The zero-order valence-corrected chi connectivity index (χ0v) is 16.3. The van der Waals surface area contributed by atoms with Gasteiger partial charge in [-0.05, 0) is 76.5 Å². The van der Waals surface area contributed by atoms with Gasteiger partial charge in [-0.1, -0.05) is 12.5 Å². The number of thiophene rings is 2. The Hall–Kier alpha value is -0.940. The van der Waals surface area contributed by atoms with Crippen LogP contribution in [0.15, 0.2) is 39.2 Å². The van der Waals surface area contributed by atoms with Gasteiger partial charge in [-0.2, -0.15) is 22.7 Å². The van der Waals surface area contributed by atoms with E-state index in [-0.39, 0.29) is 0 Å². The Morgan fingerprint density at radius 3 is 2.25 bits per heavy atom. The molecule has 0 spiro atoms. The smallest absolute Gasteiger partial charge is 0.0597 e. The second-order valence-electron chi connectivity index (χ2n) is 6.43. The number of hydrogen-bond acceptors (Lipinski definition) is 4. The average molecular weight is 362 g/mol. The van der Waals surface area contributed by atoms with Crippen LogP contribution in [0.25, 0.3) is 5.57 Å². The van der Waals surface area contributed by atoms with Gasteiger partial charge in [-0.15, -0.1) is 0 Å². The van der Waals surface area contributed by atoms with Crippen molar-refractivity contribution in [3.8, 4) is 0 Å². The van der Waals surface area contributed by atoms with Gasteiger partial charge in [0.15, 0.2) is 0 Å². The Labute approximate surface area is 153 Å². The molecule has 1 aliphatic rings. The highest BCUT2D eigenvalue weighted by atomic mass is 32.1. The van der Waals surface area contributed by atoms with E-state index < -0.39 is 0 Å². The third-order valence-corrected chi connectivity index (χ3v) is 6.18. The van der Waals surface area contributed by atoms with Crippen LogP contribution in [-0.2, 0) is 4.74 Å². The highest BCUT2D eigenvalue weighted by Gasteiger charge is 2.19. The summed E-state index contributed by atoms with van der Waals surface area (Å²) < 4.78 is 5.84. The topological polar surface area (TPSA) is 12.5 Å². The largest absolute Gasteiger partial charge is 0.377 e. The lowest BCUT2D eigenvalue weighted by Gasteiger charge is -2.30. The van der Waals surface area contributed by atoms with E-state index in [4.69, 9.17) is 4.74 Å². The van der Waals surface area contributed by atoms with Gasteiger partial charge in [0.05, 0.1) is 12.7 Å². The second kappa shape index (κ2) is 8.95. The maximum Gasteiger partial charge on any atom is 0.0597 e. The van der Waals surface area contributed by atoms with Gasteiger partial charge in [-0.25, -0.2) is 0 Å². The first-order valence-corrected chi connectivity index (χ1v) is 10.8. The van der Waals surface area contributed by atoms with Gasteiger partial charge in [0.2, 0.25) is 0 Å². The van der Waals surface area contributed by atoms with Gasteiger partial charge in [0.25, 0.3) is 0 Å². The van der Waals surface area contributed by atoms with Crippen LogP contribution in [0.2, 0.25) is 0 Å². The lowest BCUT2D eigenvalue weighted by molar-refractivity contribution is 0.0450. The third kappa shape index (κ3) is 4.57. The zero-order valence-electron chi connectivity index (χ0n) is 14.7. The molecule has 1 aliphatic heterocycles. The van der Waals surface area contributed by atoms with E-state index in [1.165, 1.54) is 29.5 Å². The molecule has 2 aromatic heterocycles. The molecule has 0 aliphatic carbocycles. The second-order valence-corrected chi connectivity index (χ2v) is 7.99. The summed E-state index contributed by atoms with van der Waals surface area (Å²) in [7, 11) is 0. The molecule has 130 valence electrons. The number of hydrogen-bond donors (Lipinski definition) is 0. The Morgan fingerprint density at radius 2 is 1.75 bits per heavy atom. The summed E-state index contributed by atoms with van der Waals surface area (Å²) in [6, 6.07) is 4.52. The van der Waals surface area contributed by atoms with Gasteiger partial charge in [0.1, 0.15) is 0 Å². The molecule has 3 rings (SSSR count). The van der Waals surface area contributed by atoms with Crippen molar-refractivity contribution >= 4 is 28.2 Å². The predicted octanol–water partition coefficient (Wildman–Crippen LogP) is 5.52. The van der Waals surface area contributed by atoms with Crippen LogP contribution >= 0.6 is 22.7 Å². The van der Waals surface area contributed by atoms with E-state index in [1.54, 1.807) is 28.2 Å². The maximum atomic E-state index is 5.84. The lowest BCUT2D eigenvalue weighted by atomic mass is 9.91. The van der Waals surface area contributed by atoms with Crippen LogP contribution in [0, 0.1) is 0 Å². The standard InChI is InChI=1S/C20H27NOS2/c1-3-16(2)22-11-10-21-8-4-17(5-9-21)20(18-6-12-23-14-18)19-7-13-24-15-19/h6-7,12-16H,3-5,8-11H2,1-2H3. The van der Waals surface area contributed by atoms with Crippen molar-refractivity contribution in [1.29, 1.82) is 0 Å². The molecule has 0 N–H and O–H groups in total. The van der Waals surface area contributed by atoms with Crippen LogP contribution in [0.3, 0.4) is 0 Å². The van der Waals surface area contributed by atoms with Crippen molar-refractivity contribution in [1.82, 2.24) is 4.90 Å². The first-order valence-electron chi connectivity index (χ1n) is 8.89. The van der Waals surface area contributed by atoms with Crippen LogP contribution < -0.4 is 0 Å². The molecule has 0 radical (unpaired) electrons. The fourth-order valence-electron chi connectivity index (χ4n) is 3.19. The molecular weight excluding hydrogens is 334 g/mol. The van der Waals surface area contributed by atoms with Crippen molar-refractivity contribution in [3.63, 3.8) is 0 Å². The fourth-order valence-corrected chi connectivity index (χ4v) is 4.48. The summed E-state index contributed by atoms with van der Waals surface area (Å²) in [5, 5.41) is 8.94. The minimum atomic E-state index is 0.383. The number of ether oxygens (including phenoxy) is 1. The van der Waals surface area contributed by atoms with Gasteiger partial charge >= 0.3 is 0 Å². The Morgan fingerprint density at radius 1 is 1.12 bits per heavy atom. The summed E-state index contributed by atoms with van der Waals surface area (Å²) in [6.07, 6.45) is 3.82. The Balaban J connectivity index is 1.64. The summed E-state index contributed by atoms with van der Waals surface area (Å²) in [4.78, 5) is 2.55. The molecule has 24 heavy (non-hydrogen) atoms. The highest BCUT2D eigenvalue weighted by molar-refractivity contribution is 7.08. The molecular formula is C20H27NOS2. The van der Waals surface area contributed by atoms with Crippen LogP contribution in [-0.4, -0.2) is 37.2 Å². The Kier molecular flexibility index (Phi) is 6.67. The predicted molar refractivity (Wildman–Crippen MR) is 106 cm³/mol. The number of likely N-dealkylation sites (tertiary alicyclic amines) is 1. The summed E-state index contributed by atoms with van der Waals surface area (Å²) in [5.41, 5.74) is 5.88. The fraction of sp³-hybridized carbons (Fsp3) is 0.500. The summed E-state index contributed by atoms with van der Waals surface area (Å²) in [5.74, 6) is 0. The van der Waals surface area contributed by atoms with Crippen molar-refractivity contribution < 1.29 is 4.74 Å². The highest BCUT2D eigenvalue weighted by Crippen LogP contribution is 2.34. The molecule has 0 bridgehead atoms. The molecule has 1 saturated heterocycles. The minimum Gasteiger partial charge on any atom is -0.377 e. The number of rotatable bonds is 7. The maximum absolute atomic E-state index is 5.84. The van der Waals surface area contributed by atoms with Gasteiger partial charge in [0, 0.05) is 19.6 Å². The van der Waals surface area contributed by atoms with E-state index in [0.29, 0.717) is 6.10 Å². The molecule has 0 saturated carbocycles. The van der Waals surface area contributed by atoms with E-state index in [2.05, 4.69) is 52.4 Å². The van der Waals surface area contributed by atoms with E-state index in [9.17, 15) is 0 Å². The monoisotopic (exact) mass is 361 g/mol. The van der Waals surface area contributed by atoms with Crippen LogP contribution in [0.5, 0.6) is 0 Å². The number of nitrogens with zero attached hydrogens (tertiary/aromatic N) is 1. The normalized spacial score (nSPS) is 17.2. The van der Waals surface area contributed by atoms with Crippen molar-refractivity contribution in [2.24, 2.45) is 0 Å².